The molecule has 2 aromatic carbocycles. The molecule has 0 aliphatic carbocycles. The van der Waals surface area contributed by atoms with E-state index in [0.717, 1.165) is 0 Å². The summed E-state index contributed by atoms with van der Waals surface area (Å²) in [5.74, 6) is -1.73. The van der Waals surface area contributed by atoms with E-state index < -0.39 is 17.5 Å². The zero-order valence-corrected chi connectivity index (χ0v) is 12.4. The van der Waals surface area contributed by atoms with Crippen LogP contribution in [0.15, 0.2) is 60.8 Å². The summed E-state index contributed by atoms with van der Waals surface area (Å²) in [4.78, 5) is 25.6. The van der Waals surface area contributed by atoms with Gasteiger partial charge in [0.1, 0.15) is 0 Å². The molecule has 0 bridgehead atoms. The first-order valence-electron chi connectivity index (χ1n) is 7.06. The van der Waals surface area contributed by atoms with Crippen molar-refractivity contribution in [3.05, 3.63) is 77.5 Å². The number of Topliss-reactive ketones (excluding diaryl/α,β-unsaturated/α-hetero) is 1. The molecule has 3 rings (SSSR count). The third kappa shape index (κ3) is 2.22. The quantitative estimate of drug-likeness (QED) is 0.907. The molecule has 1 aliphatic heterocycles. The van der Waals surface area contributed by atoms with E-state index >= 15 is 0 Å². The van der Waals surface area contributed by atoms with Gasteiger partial charge in [-0.3, -0.25) is 4.79 Å². The average molecular weight is 309 g/mol. The lowest BCUT2D eigenvalue weighted by atomic mass is 9.90. The smallest absolute Gasteiger partial charge is 0.336 e. The van der Waals surface area contributed by atoms with Crippen molar-refractivity contribution in [1.29, 1.82) is 0 Å². The number of carboxylic acids is 1. The molecular formula is C18H15NO4. The van der Waals surface area contributed by atoms with Crippen molar-refractivity contribution in [2.24, 2.45) is 0 Å². The van der Waals surface area contributed by atoms with Gasteiger partial charge in [-0.25, -0.2) is 4.79 Å². The van der Waals surface area contributed by atoms with Crippen LogP contribution in [0.3, 0.4) is 0 Å². The molecule has 1 unspecified atom stereocenters. The Morgan fingerprint density at radius 3 is 2.30 bits per heavy atom. The second-order valence-electron chi connectivity index (χ2n) is 5.37. The number of benzene rings is 2. The predicted molar refractivity (Wildman–Crippen MR) is 84.5 cm³/mol. The minimum Gasteiger partial charge on any atom is -0.478 e. The van der Waals surface area contributed by atoms with Crippen LogP contribution in [0.25, 0.3) is 5.57 Å². The van der Waals surface area contributed by atoms with Crippen molar-refractivity contribution in [1.82, 2.24) is 4.90 Å². The second-order valence-corrected chi connectivity index (χ2v) is 5.37. The summed E-state index contributed by atoms with van der Waals surface area (Å²) in [6.07, 6.45) is 1.54. The number of hydrogen-bond acceptors (Lipinski definition) is 4. The van der Waals surface area contributed by atoms with Crippen molar-refractivity contribution < 1.29 is 19.8 Å². The molecule has 0 amide bonds. The van der Waals surface area contributed by atoms with E-state index in [1.807, 2.05) is 6.07 Å². The molecule has 23 heavy (non-hydrogen) atoms. The highest BCUT2D eigenvalue weighted by Gasteiger charge is 2.49. The molecule has 0 aromatic heterocycles. The van der Waals surface area contributed by atoms with Crippen LogP contribution < -0.4 is 0 Å². The molecule has 0 spiro atoms. The average Bonchev–Trinajstić information content (AvgIpc) is 2.80. The highest BCUT2D eigenvalue weighted by molar-refractivity contribution is 6.26. The molecule has 116 valence electrons. The Hall–Kier alpha value is -2.92. The Bertz CT molecular complexity index is 813. The van der Waals surface area contributed by atoms with Gasteiger partial charge in [0.25, 0.3) is 0 Å². The van der Waals surface area contributed by atoms with Crippen LogP contribution >= 0.6 is 0 Å². The van der Waals surface area contributed by atoms with Gasteiger partial charge in [0.2, 0.25) is 11.5 Å². The van der Waals surface area contributed by atoms with E-state index in [-0.39, 0.29) is 11.1 Å². The molecule has 1 heterocycles. The highest BCUT2D eigenvalue weighted by Crippen LogP contribution is 2.39. The molecule has 2 aromatic rings. The molecule has 0 fully saturated rings. The Balaban J connectivity index is 2.12. The fourth-order valence-electron chi connectivity index (χ4n) is 2.80. The molecule has 0 radical (unpaired) electrons. The van der Waals surface area contributed by atoms with Crippen LogP contribution in [0.1, 0.15) is 21.5 Å². The molecule has 1 aliphatic rings. The van der Waals surface area contributed by atoms with E-state index in [4.69, 9.17) is 0 Å². The molecule has 2 N–H and O–H groups in total. The van der Waals surface area contributed by atoms with Gasteiger partial charge >= 0.3 is 5.97 Å². The van der Waals surface area contributed by atoms with Crippen LogP contribution in [0.4, 0.5) is 0 Å². The van der Waals surface area contributed by atoms with Crippen molar-refractivity contribution in [3.8, 4) is 0 Å². The van der Waals surface area contributed by atoms with Gasteiger partial charge in [-0.2, -0.15) is 0 Å². The maximum Gasteiger partial charge on any atom is 0.336 e. The van der Waals surface area contributed by atoms with Gasteiger partial charge in [0.15, 0.2) is 0 Å². The van der Waals surface area contributed by atoms with Gasteiger partial charge in [-0.05, 0) is 11.6 Å². The van der Waals surface area contributed by atoms with E-state index in [0.29, 0.717) is 11.1 Å². The fraction of sp³-hybridized carbons (Fsp3) is 0.111. The minimum absolute atomic E-state index is 0.0576. The Labute approximate surface area is 133 Å². The summed E-state index contributed by atoms with van der Waals surface area (Å²) in [5, 5.41) is 20.4. The maximum atomic E-state index is 12.9. The largest absolute Gasteiger partial charge is 0.478 e. The zero-order chi connectivity index (χ0) is 16.6. The number of aromatic carboxylic acids is 1. The fourth-order valence-corrected chi connectivity index (χ4v) is 2.80. The number of aliphatic hydroxyl groups is 1. The van der Waals surface area contributed by atoms with Crippen LogP contribution in [0.2, 0.25) is 0 Å². The van der Waals surface area contributed by atoms with Crippen molar-refractivity contribution in [2.75, 3.05) is 7.05 Å². The summed E-state index contributed by atoms with van der Waals surface area (Å²) in [6, 6.07) is 15.0. The standard InChI is InChI=1S/C18H15NO4/c1-19-11-14(12-7-3-2-4-8-12)16(20)18(19,23)15-10-6-5-9-13(15)17(21)22/h2-11,23H,1H3,(H,21,22). The number of rotatable bonds is 3. The topological polar surface area (TPSA) is 77.8 Å². The summed E-state index contributed by atoms with van der Waals surface area (Å²) in [7, 11) is 1.55. The number of carbonyl (C=O) groups is 2. The van der Waals surface area contributed by atoms with Crippen LogP contribution in [0, 0.1) is 0 Å². The van der Waals surface area contributed by atoms with Gasteiger partial charge in [-0.1, -0.05) is 48.5 Å². The molecule has 1 atom stereocenters. The predicted octanol–water partition coefficient (Wildman–Crippen LogP) is 2.09. The normalized spacial score (nSPS) is 20.5. The van der Waals surface area contributed by atoms with Crippen LogP contribution in [-0.4, -0.2) is 33.9 Å². The number of hydrogen-bond donors (Lipinski definition) is 2. The second kappa shape index (κ2) is 5.37. The highest BCUT2D eigenvalue weighted by atomic mass is 16.4. The lowest BCUT2D eigenvalue weighted by Gasteiger charge is -2.31. The Kier molecular flexibility index (Phi) is 3.50. The van der Waals surface area contributed by atoms with Crippen molar-refractivity contribution in [3.63, 3.8) is 0 Å². The van der Waals surface area contributed by atoms with Crippen LogP contribution in [-0.2, 0) is 10.5 Å². The maximum absolute atomic E-state index is 12.9. The number of carboxylic acid groups (broad SMARTS) is 1. The number of likely N-dealkylation sites (N-methyl/N-ethyl adjacent to an activating group) is 1. The number of carbonyl (C=O) groups excluding carboxylic acids is 1. The van der Waals surface area contributed by atoms with Gasteiger partial charge in [0.05, 0.1) is 5.56 Å². The lowest BCUT2D eigenvalue weighted by molar-refractivity contribution is -0.145. The first kappa shape index (κ1) is 15.0. The van der Waals surface area contributed by atoms with E-state index in [9.17, 15) is 19.8 Å². The van der Waals surface area contributed by atoms with E-state index in [1.165, 1.54) is 23.2 Å². The Morgan fingerprint density at radius 1 is 1.04 bits per heavy atom. The summed E-state index contributed by atoms with van der Waals surface area (Å²) in [5.41, 5.74) is -1.05. The van der Waals surface area contributed by atoms with Crippen molar-refractivity contribution in [2.45, 2.75) is 5.72 Å². The van der Waals surface area contributed by atoms with E-state index in [2.05, 4.69) is 0 Å². The molecule has 0 saturated carbocycles. The van der Waals surface area contributed by atoms with Crippen molar-refractivity contribution >= 4 is 17.3 Å². The number of ketones is 1. The van der Waals surface area contributed by atoms with Gasteiger partial charge in [0, 0.05) is 24.4 Å². The summed E-state index contributed by atoms with van der Waals surface area (Å²) in [6.45, 7) is 0. The lowest BCUT2D eigenvalue weighted by Crippen LogP contribution is -2.44. The van der Waals surface area contributed by atoms with E-state index in [1.54, 1.807) is 43.4 Å². The third-order valence-electron chi connectivity index (χ3n) is 4.01. The third-order valence-corrected chi connectivity index (χ3v) is 4.01. The first-order chi connectivity index (χ1) is 11.0. The summed E-state index contributed by atoms with van der Waals surface area (Å²) >= 11 is 0. The molecule has 0 saturated heterocycles. The van der Waals surface area contributed by atoms with Gasteiger partial charge in [-0.15, -0.1) is 0 Å². The molecule has 5 heteroatoms. The SMILES string of the molecule is CN1C=C(c2ccccc2)C(=O)C1(O)c1ccccc1C(=O)O. The zero-order valence-electron chi connectivity index (χ0n) is 12.4. The molecule has 5 nitrogen and oxygen atoms in total. The first-order valence-corrected chi connectivity index (χ1v) is 7.06. The monoisotopic (exact) mass is 309 g/mol. The number of nitrogens with zero attached hydrogens (tertiary/aromatic N) is 1. The van der Waals surface area contributed by atoms with Gasteiger partial charge < -0.3 is 15.1 Å². The molecular weight excluding hydrogens is 294 g/mol. The summed E-state index contributed by atoms with van der Waals surface area (Å²) < 4.78 is 0. The Morgan fingerprint density at radius 2 is 1.65 bits per heavy atom. The van der Waals surface area contributed by atoms with Crippen LogP contribution in [0.5, 0.6) is 0 Å². The minimum atomic E-state index is -2.03.